The summed E-state index contributed by atoms with van der Waals surface area (Å²) in [7, 11) is 1.93. The molecule has 0 saturated heterocycles. The van der Waals surface area contributed by atoms with Crippen LogP contribution in [0, 0.1) is 11.6 Å². The van der Waals surface area contributed by atoms with Crippen molar-refractivity contribution in [3.8, 4) is 0 Å². The molecule has 0 aliphatic heterocycles. The highest BCUT2D eigenvalue weighted by Crippen LogP contribution is 2.31. The highest BCUT2D eigenvalue weighted by molar-refractivity contribution is 7.99. The van der Waals surface area contributed by atoms with Crippen LogP contribution in [0.3, 0.4) is 0 Å². The van der Waals surface area contributed by atoms with Gasteiger partial charge in [-0.1, -0.05) is 30.8 Å². The molecule has 0 bridgehead atoms. The normalized spacial score (nSPS) is 12.4. The third-order valence-corrected chi connectivity index (χ3v) is 4.20. The van der Waals surface area contributed by atoms with E-state index >= 15 is 0 Å². The Hall–Kier alpha value is -1.39. The van der Waals surface area contributed by atoms with Gasteiger partial charge in [0, 0.05) is 10.9 Å². The Kier molecular flexibility index (Phi) is 5.15. The monoisotopic (exact) mass is 293 g/mol. The van der Waals surface area contributed by atoms with Gasteiger partial charge in [-0.25, -0.2) is 8.78 Å². The number of nitrogens with one attached hydrogen (secondary N) is 1. The average molecular weight is 293 g/mol. The van der Waals surface area contributed by atoms with Crippen LogP contribution in [0.2, 0.25) is 0 Å². The van der Waals surface area contributed by atoms with Crippen molar-refractivity contribution in [1.82, 2.24) is 5.32 Å². The van der Waals surface area contributed by atoms with E-state index in [1.54, 1.807) is 0 Å². The van der Waals surface area contributed by atoms with Gasteiger partial charge < -0.3 is 5.32 Å². The van der Waals surface area contributed by atoms with Gasteiger partial charge in [0.05, 0.1) is 4.90 Å². The van der Waals surface area contributed by atoms with Gasteiger partial charge in [-0.05, 0) is 49.4 Å². The summed E-state index contributed by atoms with van der Waals surface area (Å²) in [5, 5.41) is 3.24. The zero-order chi connectivity index (χ0) is 14.5. The molecule has 4 heteroatoms. The Morgan fingerprint density at radius 3 is 2.40 bits per heavy atom. The summed E-state index contributed by atoms with van der Waals surface area (Å²) in [6.45, 7) is 2.12. The summed E-state index contributed by atoms with van der Waals surface area (Å²) in [5.41, 5.74) is 1.19. The summed E-state index contributed by atoms with van der Waals surface area (Å²) < 4.78 is 26.7. The second-order valence-corrected chi connectivity index (χ2v) is 5.61. The smallest absolute Gasteiger partial charge is 0.137 e. The predicted molar refractivity (Wildman–Crippen MR) is 79.0 cm³/mol. The van der Waals surface area contributed by atoms with Crippen LogP contribution in [0.4, 0.5) is 8.78 Å². The van der Waals surface area contributed by atoms with Crippen molar-refractivity contribution in [2.24, 2.45) is 0 Å². The molecular weight excluding hydrogens is 276 g/mol. The van der Waals surface area contributed by atoms with Gasteiger partial charge in [-0.15, -0.1) is 0 Å². The molecule has 2 aromatic rings. The van der Waals surface area contributed by atoms with Crippen molar-refractivity contribution >= 4 is 11.8 Å². The van der Waals surface area contributed by atoms with Gasteiger partial charge in [-0.3, -0.25) is 0 Å². The van der Waals surface area contributed by atoms with Crippen LogP contribution in [0.25, 0.3) is 0 Å². The lowest BCUT2D eigenvalue weighted by Gasteiger charge is -2.14. The molecule has 1 N–H and O–H groups in total. The Morgan fingerprint density at radius 1 is 1.10 bits per heavy atom. The lowest BCUT2D eigenvalue weighted by molar-refractivity contribution is 0.576. The first kappa shape index (κ1) is 15.0. The quantitative estimate of drug-likeness (QED) is 0.851. The molecule has 2 rings (SSSR count). The van der Waals surface area contributed by atoms with E-state index in [0.717, 1.165) is 23.4 Å². The van der Waals surface area contributed by atoms with Gasteiger partial charge in [0.25, 0.3) is 0 Å². The second-order valence-electron chi connectivity index (χ2n) is 4.50. The average Bonchev–Trinajstić information content (AvgIpc) is 2.46. The number of halogens is 2. The summed E-state index contributed by atoms with van der Waals surface area (Å²) in [5.74, 6) is -0.825. The van der Waals surface area contributed by atoms with Crippen LogP contribution in [-0.4, -0.2) is 7.05 Å². The molecule has 1 unspecified atom stereocenters. The molecule has 0 fully saturated rings. The molecule has 0 aliphatic carbocycles. The molecule has 0 heterocycles. The largest absolute Gasteiger partial charge is 0.313 e. The summed E-state index contributed by atoms with van der Waals surface area (Å²) in [6, 6.07) is 11.7. The van der Waals surface area contributed by atoms with E-state index in [1.807, 2.05) is 31.3 Å². The van der Waals surface area contributed by atoms with E-state index < -0.39 is 11.6 Å². The first-order valence-electron chi connectivity index (χ1n) is 6.54. The molecule has 106 valence electrons. The minimum atomic E-state index is -0.424. The van der Waals surface area contributed by atoms with E-state index in [9.17, 15) is 8.78 Å². The third-order valence-electron chi connectivity index (χ3n) is 3.16. The maximum atomic E-state index is 13.6. The van der Waals surface area contributed by atoms with E-state index in [2.05, 4.69) is 12.2 Å². The second kappa shape index (κ2) is 6.86. The molecule has 20 heavy (non-hydrogen) atoms. The third kappa shape index (κ3) is 3.58. The molecule has 1 atom stereocenters. The van der Waals surface area contributed by atoms with Crippen LogP contribution in [0.1, 0.15) is 24.9 Å². The molecule has 0 amide bonds. The van der Waals surface area contributed by atoms with Crippen LogP contribution in [-0.2, 0) is 0 Å². The molecule has 0 aliphatic rings. The molecule has 0 spiro atoms. The zero-order valence-corrected chi connectivity index (χ0v) is 12.3. The van der Waals surface area contributed by atoms with Gasteiger partial charge in [-0.2, -0.15) is 0 Å². The molecular formula is C16H17F2NS. The van der Waals surface area contributed by atoms with Crippen molar-refractivity contribution in [3.05, 3.63) is 59.7 Å². The maximum Gasteiger partial charge on any atom is 0.137 e. The van der Waals surface area contributed by atoms with Crippen LogP contribution < -0.4 is 5.32 Å². The van der Waals surface area contributed by atoms with E-state index in [4.69, 9.17) is 0 Å². The first-order chi connectivity index (χ1) is 9.63. The molecule has 2 aromatic carbocycles. The van der Waals surface area contributed by atoms with Crippen molar-refractivity contribution in [2.45, 2.75) is 29.2 Å². The zero-order valence-electron chi connectivity index (χ0n) is 11.5. The van der Waals surface area contributed by atoms with Crippen LogP contribution in [0.5, 0.6) is 0 Å². The van der Waals surface area contributed by atoms with Gasteiger partial charge >= 0.3 is 0 Å². The van der Waals surface area contributed by atoms with Crippen molar-refractivity contribution in [3.63, 3.8) is 0 Å². The highest BCUT2D eigenvalue weighted by Gasteiger charge is 2.08. The number of hydrogen-bond donors (Lipinski definition) is 1. The van der Waals surface area contributed by atoms with E-state index in [-0.39, 0.29) is 0 Å². The van der Waals surface area contributed by atoms with Gasteiger partial charge in [0.15, 0.2) is 0 Å². The Labute approximate surface area is 122 Å². The summed E-state index contributed by atoms with van der Waals surface area (Å²) in [6.07, 6.45) is 1.00. The molecule has 1 nitrogen and oxygen atoms in total. The minimum Gasteiger partial charge on any atom is -0.313 e. The number of benzene rings is 2. The SMILES string of the molecule is CCC(NC)c1ccc(Sc2cc(F)ccc2F)cc1. The van der Waals surface area contributed by atoms with Crippen molar-refractivity contribution in [1.29, 1.82) is 0 Å². The van der Waals surface area contributed by atoms with E-state index in [0.29, 0.717) is 10.9 Å². The lowest BCUT2D eigenvalue weighted by atomic mass is 10.1. The topological polar surface area (TPSA) is 12.0 Å². The minimum absolute atomic E-state index is 0.304. The van der Waals surface area contributed by atoms with Crippen LogP contribution in [0.15, 0.2) is 52.3 Å². The molecule has 0 radical (unpaired) electrons. The standard InChI is InChI=1S/C16H17F2NS/c1-3-15(19-2)11-4-7-13(8-5-11)20-16-10-12(17)6-9-14(16)18/h4-10,15,19H,3H2,1-2H3. The molecule has 0 saturated carbocycles. The van der Waals surface area contributed by atoms with Gasteiger partial charge in [0.2, 0.25) is 0 Å². The number of rotatable bonds is 5. The Balaban J connectivity index is 2.16. The Bertz CT molecular complexity index is 565. The fourth-order valence-electron chi connectivity index (χ4n) is 2.06. The fourth-order valence-corrected chi connectivity index (χ4v) is 2.92. The molecule has 0 aromatic heterocycles. The lowest BCUT2D eigenvalue weighted by Crippen LogP contribution is -2.14. The van der Waals surface area contributed by atoms with E-state index in [1.165, 1.54) is 23.4 Å². The highest BCUT2D eigenvalue weighted by atomic mass is 32.2. The first-order valence-corrected chi connectivity index (χ1v) is 7.35. The van der Waals surface area contributed by atoms with Gasteiger partial charge in [0.1, 0.15) is 11.6 Å². The predicted octanol–water partition coefficient (Wildman–Crippen LogP) is 4.79. The van der Waals surface area contributed by atoms with Crippen molar-refractivity contribution < 1.29 is 8.78 Å². The summed E-state index contributed by atoms with van der Waals surface area (Å²) >= 11 is 1.23. The number of hydrogen-bond acceptors (Lipinski definition) is 2. The van der Waals surface area contributed by atoms with Crippen LogP contribution >= 0.6 is 11.8 Å². The van der Waals surface area contributed by atoms with Crippen molar-refractivity contribution in [2.75, 3.05) is 7.05 Å². The maximum absolute atomic E-state index is 13.6. The summed E-state index contributed by atoms with van der Waals surface area (Å²) in [4.78, 5) is 1.20. The fraction of sp³-hybridized carbons (Fsp3) is 0.250. The Morgan fingerprint density at radius 2 is 1.80 bits per heavy atom.